The van der Waals surface area contributed by atoms with Crippen LogP contribution in [0.4, 0.5) is 0 Å². The monoisotopic (exact) mass is 437 g/mol. The number of esters is 1. The van der Waals surface area contributed by atoms with E-state index in [9.17, 15) is 14.4 Å². The molecule has 0 saturated carbocycles. The summed E-state index contributed by atoms with van der Waals surface area (Å²) < 4.78 is 20.9. The van der Waals surface area contributed by atoms with Crippen molar-refractivity contribution in [3.8, 4) is 0 Å². The second kappa shape index (κ2) is 10.1. The molecule has 1 aliphatic heterocycles. The summed E-state index contributed by atoms with van der Waals surface area (Å²) in [6.45, 7) is 1.49. The molecule has 1 saturated heterocycles. The molecule has 0 aliphatic carbocycles. The quantitative estimate of drug-likeness (QED) is 0.369. The number of halogens is 2. The van der Waals surface area contributed by atoms with E-state index >= 15 is 0 Å². The van der Waals surface area contributed by atoms with E-state index in [0.717, 1.165) is 0 Å². The third kappa shape index (κ3) is 5.73. The number of benzene rings is 1. The molecule has 1 aromatic rings. The van der Waals surface area contributed by atoms with Gasteiger partial charge in [-0.3, -0.25) is 14.4 Å². The lowest BCUT2D eigenvalue weighted by Gasteiger charge is -2.42. The van der Waals surface area contributed by atoms with Crippen LogP contribution in [-0.4, -0.2) is 55.3 Å². The highest BCUT2D eigenvalue weighted by Gasteiger charge is 2.47. The highest BCUT2D eigenvalue weighted by Crippen LogP contribution is 2.37. The highest BCUT2D eigenvalue weighted by molar-refractivity contribution is 7.99. The molecule has 2 N–H and O–H groups in total. The van der Waals surface area contributed by atoms with E-state index in [2.05, 4.69) is 0 Å². The summed E-state index contributed by atoms with van der Waals surface area (Å²) in [4.78, 5) is 33.5. The molecule has 11 heteroatoms. The molecular formula is C16H17Cl2NO7S. The van der Waals surface area contributed by atoms with E-state index in [4.69, 9.17) is 47.9 Å². The molecule has 0 spiro atoms. The first-order valence-corrected chi connectivity index (χ1v) is 9.35. The van der Waals surface area contributed by atoms with Gasteiger partial charge in [0.25, 0.3) is 12.9 Å². The summed E-state index contributed by atoms with van der Waals surface area (Å²) >= 11 is 13.1. The van der Waals surface area contributed by atoms with E-state index in [1.54, 1.807) is 18.2 Å². The van der Waals surface area contributed by atoms with Crippen LogP contribution in [0.5, 0.6) is 0 Å². The van der Waals surface area contributed by atoms with E-state index in [1.165, 1.54) is 18.7 Å². The Kier molecular flexibility index (Phi) is 8.18. The van der Waals surface area contributed by atoms with Crippen LogP contribution in [-0.2, 0) is 33.3 Å². The summed E-state index contributed by atoms with van der Waals surface area (Å²) in [6, 6.07) is 4.03. The summed E-state index contributed by atoms with van der Waals surface area (Å²) in [6.07, 6.45) is -2.75. The van der Waals surface area contributed by atoms with Gasteiger partial charge in [-0.2, -0.15) is 0 Å². The standard InChI is InChI=1S/C16H17Cl2NO7S/c1-8(22)23-5-12-14(24-6-20)13(19)15(25-7-21)16(26-12)27-9-2-3-10(17)11(18)4-9/h2-4,6-7,12-16H,5,19H2,1H3. The van der Waals surface area contributed by atoms with Crippen molar-refractivity contribution in [2.24, 2.45) is 5.73 Å². The smallest absolute Gasteiger partial charge is 0.302 e. The SMILES string of the molecule is CC(=O)OCC1OC(Sc2ccc(Cl)c(Cl)c2)C(OC=O)C(N)C1OC=O. The van der Waals surface area contributed by atoms with Crippen molar-refractivity contribution in [3.63, 3.8) is 0 Å². The molecule has 1 aromatic carbocycles. The topological polar surface area (TPSA) is 114 Å². The minimum atomic E-state index is -0.975. The van der Waals surface area contributed by atoms with Gasteiger partial charge >= 0.3 is 5.97 Å². The van der Waals surface area contributed by atoms with Crippen LogP contribution in [0.2, 0.25) is 10.0 Å². The maximum absolute atomic E-state index is 11.1. The number of rotatable bonds is 8. The third-order valence-corrected chi connectivity index (χ3v) is 5.60. The van der Waals surface area contributed by atoms with Gasteiger partial charge in [0.15, 0.2) is 6.10 Å². The van der Waals surface area contributed by atoms with Crippen LogP contribution in [0, 0.1) is 0 Å². The van der Waals surface area contributed by atoms with Crippen LogP contribution in [0.1, 0.15) is 6.92 Å². The van der Waals surface area contributed by atoms with Crippen LogP contribution in [0.15, 0.2) is 23.1 Å². The summed E-state index contributed by atoms with van der Waals surface area (Å²) in [7, 11) is 0. The summed E-state index contributed by atoms with van der Waals surface area (Å²) in [5.41, 5.74) is 5.37. The molecular weight excluding hydrogens is 421 g/mol. The number of carbonyl (C=O) groups is 3. The molecule has 5 atom stereocenters. The molecule has 5 unspecified atom stereocenters. The first kappa shape index (κ1) is 21.8. The van der Waals surface area contributed by atoms with Crippen LogP contribution >= 0.6 is 35.0 Å². The second-order valence-corrected chi connectivity index (χ2v) is 7.50. The molecule has 8 nitrogen and oxygen atoms in total. The van der Waals surface area contributed by atoms with E-state index in [-0.39, 0.29) is 19.6 Å². The van der Waals surface area contributed by atoms with Crippen molar-refractivity contribution < 1.29 is 33.3 Å². The summed E-state index contributed by atoms with van der Waals surface area (Å²) in [5, 5.41) is 0.725. The van der Waals surface area contributed by atoms with Crippen LogP contribution in [0.3, 0.4) is 0 Å². The van der Waals surface area contributed by atoms with Crippen molar-refractivity contribution in [1.82, 2.24) is 0 Å². The van der Waals surface area contributed by atoms with Crippen molar-refractivity contribution in [2.75, 3.05) is 6.61 Å². The lowest BCUT2D eigenvalue weighted by atomic mass is 9.98. The number of nitrogens with two attached hydrogens (primary N) is 1. The van der Waals surface area contributed by atoms with Gasteiger partial charge in [0.2, 0.25) is 0 Å². The third-order valence-electron chi connectivity index (χ3n) is 3.72. The molecule has 0 bridgehead atoms. The second-order valence-electron chi connectivity index (χ2n) is 5.51. The lowest BCUT2D eigenvalue weighted by molar-refractivity contribution is -0.192. The van der Waals surface area contributed by atoms with Crippen molar-refractivity contribution >= 4 is 53.9 Å². The average molecular weight is 438 g/mol. The fraction of sp³-hybridized carbons (Fsp3) is 0.438. The Hall–Kier alpha value is -1.52. The Labute approximate surface area is 169 Å². The highest BCUT2D eigenvalue weighted by atomic mass is 35.5. The number of carbonyl (C=O) groups excluding carboxylic acids is 3. The van der Waals surface area contributed by atoms with E-state index in [0.29, 0.717) is 14.9 Å². The lowest BCUT2D eigenvalue weighted by Crippen LogP contribution is -2.63. The maximum atomic E-state index is 11.1. The van der Waals surface area contributed by atoms with E-state index < -0.39 is 35.8 Å². The minimum Gasteiger partial charge on any atom is -0.463 e. The van der Waals surface area contributed by atoms with Crippen LogP contribution < -0.4 is 5.73 Å². The van der Waals surface area contributed by atoms with Gasteiger partial charge in [0, 0.05) is 11.8 Å². The predicted molar refractivity (Wildman–Crippen MR) is 97.5 cm³/mol. The predicted octanol–water partition coefficient (Wildman–Crippen LogP) is 1.78. The molecule has 0 amide bonds. The van der Waals surface area contributed by atoms with Gasteiger partial charge in [-0.25, -0.2) is 0 Å². The minimum absolute atomic E-state index is 0.187. The van der Waals surface area contributed by atoms with Gasteiger partial charge in [0.05, 0.1) is 16.1 Å². The first-order valence-electron chi connectivity index (χ1n) is 7.71. The zero-order valence-electron chi connectivity index (χ0n) is 14.1. The fourth-order valence-corrected chi connectivity index (χ4v) is 4.06. The largest absolute Gasteiger partial charge is 0.463 e. The average Bonchev–Trinajstić information content (AvgIpc) is 2.62. The maximum Gasteiger partial charge on any atom is 0.302 e. The molecule has 1 aliphatic rings. The van der Waals surface area contributed by atoms with Gasteiger partial charge in [-0.15, -0.1) is 0 Å². The zero-order chi connectivity index (χ0) is 20.0. The molecule has 0 radical (unpaired) electrons. The number of hydrogen-bond donors (Lipinski definition) is 1. The van der Waals surface area contributed by atoms with Gasteiger partial charge in [0.1, 0.15) is 24.3 Å². The van der Waals surface area contributed by atoms with Crippen molar-refractivity contribution in [2.45, 2.75) is 41.6 Å². The summed E-state index contributed by atoms with van der Waals surface area (Å²) in [5.74, 6) is -0.531. The molecule has 1 fully saturated rings. The van der Waals surface area contributed by atoms with Crippen LogP contribution in [0.25, 0.3) is 0 Å². The van der Waals surface area contributed by atoms with Crippen molar-refractivity contribution in [3.05, 3.63) is 28.2 Å². The zero-order valence-corrected chi connectivity index (χ0v) is 16.4. The number of thioether (sulfide) groups is 1. The molecule has 0 aromatic heterocycles. The van der Waals surface area contributed by atoms with Gasteiger partial charge in [-0.05, 0) is 18.2 Å². The van der Waals surface area contributed by atoms with E-state index in [1.807, 2.05) is 0 Å². The Morgan fingerprint density at radius 3 is 2.48 bits per heavy atom. The molecule has 2 rings (SSSR count). The van der Waals surface area contributed by atoms with Gasteiger partial charge < -0.3 is 24.7 Å². The van der Waals surface area contributed by atoms with Gasteiger partial charge in [-0.1, -0.05) is 35.0 Å². The Bertz CT molecular complexity index is 693. The Balaban J connectivity index is 2.25. The Morgan fingerprint density at radius 2 is 1.89 bits per heavy atom. The fourth-order valence-electron chi connectivity index (χ4n) is 2.52. The molecule has 1 heterocycles. The number of ether oxygens (including phenoxy) is 4. The first-order chi connectivity index (χ1) is 12.9. The normalized spacial score (nSPS) is 27.5. The van der Waals surface area contributed by atoms with Crippen molar-refractivity contribution in [1.29, 1.82) is 0 Å². The molecule has 148 valence electrons. The molecule has 27 heavy (non-hydrogen) atoms. The number of hydrogen-bond acceptors (Lipinski definition) is 9. The Morgan fingerprint density at radius 1 is 1.22 bits per heavy atom.